The van der Waals surface area contributed by atoms with Crippen molar-refractivity contribution in [2.24, 2.45) is 0 Å². The molecule has 1 heterocycles. The monoisotopic (exact) mass is 220 g/mol. The number of fused-ring (bicyclic) bond motifs is 1. The molecular formula is C12H12O4. The van der Waals surface area contributed by atoms with E-state index < -0.39 is 5.97 Å². The lowest BCUT2D eigenvalue weighted by Crippen LogP contribution is -2.01. The summed E-state index contributed by atoms with van der Waals surface area (Å²) in [6, 6.07) is 5.32. The third-order valence-electron chi connectivity index (χ3n) is 2.37. The Kier molecular flexibility index (Phi) is 2.66. The van der Waals surface area contributed by atoms with Gasteiger partial charge in [0, 0.05) is 5.39 Å². The third-order valence-corrected chi connectivity index (χ3v) is 2.37. The first-order chi connectivity index (χ1) is 7.65. The van der Waals surface area contributed by atoms with Gasteiger partial charge in [0.1, 0.15) is 23.5 Å². The van der Waals surface area contributed by atoms with Crippen LogP contribution >= 0.6 is 0 Å². The fourth-order valence-corrected chi connectivity index (χ4v) is 1.70. The molecule has 4 nitrogen and oxygen atoms in total. The normalized spacial score (nSPS) is 10.7. The molecule has 1 N–H and O–H groups in total. The Labute approximate surface area is 92.4 Å². The number of furan rings is 1. The van der Waals surface area contributed by atoms with Gasteiger partial charge in [-0.05, 0) is 30.7 Å². The maximum atomic E-state index is 11.5. The third kappa shape index (κ3) is 1.67. The molecule has 0 spiro atoms. The molecule has 0 aliphatic heterocycles. The number of hydrogen-bond donors (Lipinski definition) is 1. The molecule has 0 bridgehead atoms. The summed E-state index contributed by atoms with van der Waals surface area (Å²) in [7, 11) is 1.33. The lowest BCUT2D eigenvalue weighted by atomic mass is 10.1. The number of ether oxygens (including phenoxy) is 1. The molecule has 0 atom stereocenters. The van der Waals surface area contributed by atoms with Crippen molar-refractivity contribution in [2.75, 3.05) is 7.11 Å². The Morgan fingerprint density at radius 1 is 1.44 bits per heavy atom. The van der Waals surface area contributed by atoms with Crippen LogP contribution in [0.5, 0.6) is 0 Å². The summed E-state index contributed by atoms with van der Waals surface area (Å²) >= 11 is 0. The molecule has 0 radical (unpaired) electrons. The predicted octanol–water partition coefficient (Wildman–Crippen LogP) is 2.02. The Morgan fingerprint density at radius 3 is 2.81 bits per heavy atom. The van der Waals surface area contributed by atoms with E-state index in [1.807, 2.05) is 13.0 Å². The van der Waals surface area contributed by atoms with E-state index in [2.05, 4.69) is 4.74 Å². The van der Waals surface area contributed by atoms with Crippen LogP contribution in [0.4, 0.5) is 0 Å². The van der Waals surface area contributed by atoms with E-state index >= 15 is 0 Å². The number of rotatable bonds is 2. The zero-order valence-corrected chi connectivity index (χ0v) is 9.11. The van der Waals surface area contributed by atoms with Crippen LogP contribution in [-0.2, 0) is 11.3 Å². The summed E-state index contributed by atoms with van der Waals surface area (Å²) < 4.78 is 10.1. The van der Waals surface area contributed by atoms with Gasteiger partial charge in [-0.1, -0.05) is 0 Å². The average Bonchev–Trinajstić information content (AvgIpc) is 2.69. The van der Waals surface area contributed by atoms with Gasteiger partial charge in [0.2, 0.25) is 0 Å². The fourth-order valence-electron chi connectivity index (χ4n) is 1.70. The Morgan fingerprint density at radius 2 is 2.19 bits per heavy atom. The number of carbonyl (C=O) groups is 1. The smallest absolute Gasteiger partial charge is 0.341 e. The maximum absolute atomic E-state index is 11.5. The van der Waals surface area contributed by atoms with Gasteiger partial charge in [0.15, 0.2) is 0 Å². The summed E-state index contributed by atoms with van der Waals surface area (Å²) in [4.78, 5) is 11.5. The zero-order valence-electron chi connectivity index (χ0n) is 9.11. The van der Waals surface area contributed by atoms with Gasteiger partial charge in [0.05, 0.1) is 7.11 Å². The SMILES string of the molecule is COC(=O)c1cc(C)cc2cc(CO)oc12. The van der Waals surface area contributed by atoms with Crippen LogP contribution in [0.3, 0.4) is 0 Å². The predicted molar refractivity (Wildman–Crippen MR) is 58.2 cm³/mol. The molecule has 0 aliphatic rings. The molecule has 0 fully saturated rings. The molecule has 0 saturated heterocycles. The van der Waals surface area contributed by atoms with Gasteiger partial charge in [-0.3, -0.25) is 0 Å². The highest BCUT2D eigenvalue weighted by Crippen LogP contribution is 2.25. The Bertz CT molecular complexity index is 539. The van der Waals surface area contributed by atoms with Crippen LogP contribution in [0.15, 0.2) is 22.6 Å². The van der Waals surface area contributed by atoms with Gasteiger partial charge < -0.3 is 14.3 Å². The molecule has 0 aliphatic carbocycles. The van der Waals surface area contributed by atoms with E-state index in [0.717, 1.165) is 10.9 Å². The number of aliphatic hydroxyl groups is 1. The summed E-state index contributed by atoms with van der Waals surface area (Å²) in [5.41, 5.74) is 1.79. The summed E-state index contributed by atoms with van der Waals surface area (Å²) in [6.07, 6.45) is 0. The second-order valence-corrected chi connectivity index (χ2v) is 3.59. The van der Waals surface area contributed by atoms with Gasteiger partial charge in [-0.2, -0.15) is 0 Å². The molecule has 0 saturated carbocycles. The van der Waals surface area contributed by atoms with Gasteiger partial charge in [-0.15, -0.1) is 0 Å². The molecule has 4 heteroatoms. The summed E-state index contributed by atoms with van der Waals surface area (Å²) in [5.74, 6) is -0.00158. The van der Waals surface area contributed by atoms with E-state index in [0.29, 0.717) is 16.9 Å². The van der Waals surface area contributed by atoms with E-state index in [1.54, 1.807) is 12.1 Å². The van der Waals surface area contributed by atoms with Crippen molar-refractivity contribution >= 4 is 16.9 Å². The second-order valence-electron chi connectivity index (χ2n) is 3.59. The number of aliphatic hydroxyl groups excluding tert-OH is 1. The number of hydrogen-bond acceptors (Lipinski definition) is 4. The van der Waals surface area contributed by atoms with Crippen LogP contribution in [0.1, 0.15) is 21.7 Å². The highest BCUT2D eigenvalue weighted by atomic mass is 16.5. The van der Waals surface area contributed by atoms with Crippen LogP contribution in [0.2, 0.25) is 0 Å². The van der Waals surface area contributed by atoms with Crippen molar-refractivity contribution in [1.29, 1.82) is 0 Å². The van der Waals surface area contributed by atoms with E-state index in [-0.39, 0.29) is 6.61 Å². The Balaban J connectivity index is 2.70. The number of esters is 1. The minimum absolute atomic E-state index is 0.186. The van der Waals surface area contributed by atoms with Crippen molar-refractivity contribution in [3.05, 3.63) is 35.1 Å². The standard InChI is InChI=1S/C12H12O4/c1-7-3-8-5-9(6-13)16-11(8)10(4-7)12(14)15-2/h3-5,13H,6H2,1-2H3. The first-order valence-electron chi connectivity index (χ1n) is 4.88. The number of aryl methyl sites for hydroxylation is 1. The lowest BCUT2D eigenvalue weighted by Gasteiger charge is -2.01. The highest BCUT2D eigenvalue weighted by Gasteiger charge is 2.15. The molecule has 2 rings (SSSR count). The minimum atomic E-state index is -0.437. The second kappa shape index (κ2) is 3.98. The van der Waals surface area contributed by atoms with E-state index in [4.69, 9.17) is 9.52 Å². The minimum Gasteiger partial charge on any atom is -0.465 e. The van der Waals surface area contributed by atoms with Crippen LogP contribution in [0, 0.1) is 6.92 Å². The molecule has 16 heavy (non-hydrogen) atoms. The molecular weight excluding hydrogens is 208 g/mol. The quantitative estimate of drug-likeness (QED) is 0.786. The summed E-state index contributed by atoms with van der Waals surface area (Å²) in [6.45, 7) is 1.70. The maximum Gasteiger partial charge on any atom is 0.341 e. The van der Waals surface area contributed by atoms with Crippen molar-refractivity contribution < 1.29 is 19.1 Å². The lowest BCUT2D eigenvalue weighted by molar-refractivity contribution is 0.0601. The molecule has 2 aromatic rings. The summed E-state index contributed by atoms with van der Waals surface area (Å²) in [5, 5.41) is 9.78. The highest BCUT2D eigenvalue weighted by molar-refractivity contribution is 6.02. The van der Waals surface area contributed by atoms with Gasteiger partial charge in [-0.25, -0.2) is 4.79 Å². The molecule has 0 amide bonds. The molecule has 0 unspecified atom stereocenters. The van der Waals surface area contributed by atoms with E-state index in [1.165, 1.54) is 7.11 Å². The van der Waals surface area contributed by atoms with Gasteiger partial charge >= 0.3 is 5.97 Å². The first kappa shape index (κ1) is 10.7. The first-order valence-corrected chi connectivity index (χ1v) is 4.88. The van der Waals surface area contributed by atoms with Crippen LogP contribution in [0.25, 0.3) is 11.0 Å². The molecule has 1 aromatic heterocycles. The largest absolute Gasteiger partial charge is 0.465 e. The number of carbonyl (C=O) groups excluding carboxylic acids is 1. The topological polar surface area (TPSA) is 59.7 Å². The number of benzene rings is 1. The van der Waals surface area contributed by atoms with Crippen molar-refractivity contribution in [3.8, 4) is 0 Å². The van der Waals surface area contributed by atoms with Crippen LogP contribution < -0.4 is 0 Å². The van der Waals surface area contributed by atoms with Gasteiger partial charge in [0.25, 0.3) is 0 Å². The Hall–Kier alpha value is -1.81. The fraction of sp³-hybridized carbons (Fsp3) is 0.250. The van der Waals surface area contributed by atoms with Crippen molar-refractivity contribution in [3.63, 3.8) is 0 Å². The number of methoxy groups -OCH3 is 1. The van der Waals surface area contributed by atoms with Crippen LogP contribution in [-0.4, -0.2) is 18.2 Å². The molecule has 1 aromatic carbocycles. The zero-order chi connectivity index (χ0) is 11.7. The van der Waals surface area contributed by atoms with Crippen molar-refractivity contribution in [1.82, 2.24) is 0 Å². The average molecular weight is 220 g/mol. The molecule has 84 valence electrons. The van der Waals surface area contributed by atoms with E-state index in [9.17, 15) is 4.79 Å². The van der Waals surface area contributed by atoms with Crippen molar-refractivity contribution in [2.45, 2.75) is 13.5 Å².